The Balaban J connectivity index is 2.11. The number of nitrogens with one attached hydrogen (secondary N) is 1. The zero-order chi connectivity index (χ0) is 19.4. The van der Waals surface area contributed by atoms with Gasteiger partial charge in [-0.15, -0.1) is 0 Å². The second kappa shape index (κ2) is 8.20. The molecule has 0 fully saturated rings. The highest BCUT2D eigenvalue weighted by Gasteiger charge is 2.12. The van der Waals surface area contributed by atoms with E-state index in [2.05, 4.69) is 10.3 Å². The summed E-state index contributed by atoms with van der Waals surface area (Å²) in [5.41, 5.74) is 5.47. The number of aromatic hydroxyl groups is 1. The van der Waals surface area contributed by atoms with Crippen LogP contribution in [0, 0.1) is 13.8 Å². The fraction of sp³-hybridized carbons (Fsp3) is 0.227. The summed E-state index contributed by atoms with van der Waals surface area (Å²) in [7, 11) is 0. The molecular formula is C22H24N2O3. The molecule has 0 aliphatic rings. The second-order valence-corrected chi connectivity index (χ2v) is 6.68. The van der Waals surface area contributed by atoms with Gasteiger partial charge in [-0.05, 0) is 54.8 Å². The van der Waals surface area contributed by atoms with Crippen LogP contribution in [0.1, 0.15) is 11.1 Å². The maximum atomic E-state index is 10.3. The van der Waals surface area contributed by atoms with Gasteiger partial charge in [0.25, 0.3) is 0 Å². The number of nitrogens with zero attached hydrogens (tertiary/aromatic N) is 1. The van der Waals surface area contributed by atoms with Crippen molar-refractivity contribution < 1.29 is 15.3 Å². The summed E-state index contributed by atoms with van der Waals surface area (Å²) >= 11 is 0. The van der Waals surface area contributed by atoms with Crippen LogP contribution in [0.3, 0.4) is 0 Å². The standard InChI is InChI=1S/C22H24N2O3/c1-14-7-8-21(27)19(9-14)20-10-16(18-6-4-3-5-15(18)2)11-22(24-20)23-12-17(26)13-25/h3-11,17,25-27H,12-13H2,1-2H3,(H,23,24). The van der Waals surface area contributed by atoms with E-state index < -0.39 is 6.10 Å². The third kappa shape index (κ3) is 4.45. The lowest BCUT2D eigenvalue weighted by Crippen LogP contribution is -2.23. The molecule has 0 saturated carbocycles. The first-order valence-corrected chi connectivity index (χ1v) is 8.89. The van der Waals surface area contributed by atoms with Gasteiger partial charge in [-0.1, -0.05) is 35.9 Å². The molecule has 1 atom stereocenters. The van der Waals surface area contributed by atoms with Gasteiger partial charge in [0.05, 0.1) is 18.4 Å². The van der Waals surface area contributed by atoms with Crippen molar-refractivity contribution in [3.8, 4) is 28.1 Å². The van der Waals surface area contributed by atoms with Gasteiger partial charge in [-0.2, -0.15) is 0 Å². The number of rotatable bonds is 6. The van der Waals surface area contributed by atoms with Gasteiger partial charge < -0.3 is 20.6 Å². The first-order chi connectivity index (χ1) is 13.0. The third-order valence-electron chi connectivity index (χ3n) is 4.44. The smallest absolute Gasteiger partial charge is 0.127 e. The van der Waals surface area contributed by atoms with Crippen molar-refractivity contribution in [2.75, 3.05) is 18.5 Å². The quantitative estimate of drug-likeness (QED) is 0.538. The van der Waals surface area contributed by atoms with Crippen molar-refractivity contribution >= 4 is 5.82 Å². The predicted octanol–water partition coefficient (Wildman–Crippen LogP) is 3.50. The summed E-state index contributed by atoms with van der Waals surface area (Å²) in [6, 6.07) is 17.3. The maximum Gasteiger partial charge on any atom is 0.127 e. The normalized spacial score (nSPS) is 12.0. The maximum absolute atomic E-state index is 10.3. The number of phenolic OH excluding ortho intramolecular Hbond substituents is 1. The number of hydrogen-bond donors (Lipinski definition) is 4. The summed E-state index contributed by atoms with van der Waals surface area (Å²) in [5, 5.41) is 32.1. The van der Waals surface area contributed by atoms with Gasteiger partial charge >= 0.3 is 0 Å². The molecule has 1 heterocycles. The predicted molar refractivity (Wildman–Crippen MR) is 108 cm³/mol. The molecule has 3 rings (SSSR count). The van der Waals surface area contributed by atoms with E-state index in [-0.39, 0.29) is 18.9 Å². The molecule has 0 bridgehead atoms. The number of aryl methyl sites for hydroxylation is 2. The van der Waals surface area contributed by atoms with Crippen molar-refractivity contribution in [1.29, 1.82) is 0 Å². The van der Waals surface area contributed by atoms with Crippen molar-refractivity contribution in [2.45, 2.75) is 20.0 Å². The van der Waals surface area contributed by atoms with E-state index in [1.165, 1.54) is 0 Å². The van der Waals surface area contributed by atoms with Crippen LogP contribution >= 0.6 is 0 Å². The van der Waals surface area contributed by atoms with Crippen molar-refractivity contribution in [3.63, 3.8) is 0 Å². The molecular weight excluding hydrogens is 340 g/mol. The van der Waals surface area contributed by atoms with E-state index in [0.29, 0.717) is 17.1 Å². The van der Waals surface area contributed by atoms with Crippen LogP contribution in [0.5, 0.6) is 5.75 Å². The molecule has 0 amide bonds. The zero-order valence-corrected chi connectivity index (χ0v) is 15.5. The van der Waals surface area contributed by atoms with Gasteiger partial charge in [0.15, 0.2) is 0 Å². The largest absolute Gasteiger partial charge is 0.507 e. The molecule has 140 valence electrons. The topological polar surface area (TPSA) is 85.6 Å². The third-order valence-corrected chi connectivity index (χ3v) is 4.44. The lowest BCUT2D eigenvalue weighted by Gasteiger charge is -2.15. The van der Waals surface area contributed by atoms with E-state index in [1.54, 1.807) is 6.07 Å². The number of hydrogen-bond acceptors (Lipinski definition) is 5. The Kier molecular flexibility index (Phi) is 5.74. The first kappa shape index (κ1) is 18.9. The zero-order valence-electron chi connectivity index (χ0n) is 15.5. The average molecular weight is 364 g/mol. The van der Waals surface area contributed by atoms with E-state index in [1.807, 2.05) is 62.4 Å². The Morgan fingerprint density at radius 3 is 2.52 bits per heavy atom. The molecule has 1 aromatic heterocycles. The molecule has 0 aliphatic carbocycles. The molecule has 5 nitrogen and oxygen atoms in total. The summed E-state index contributed by atoms with van der Waals surface area (Å²) in [5.74, 6) is 0.732. The molecule has 0 radical (unpaired) electrons. The molecule has 5 heteroatoms. The number of aromatic nitrogens is 1. The van der Waals surface area contributed by atoms with Crippen LogP contribution in [-0.4, -0.2) is 39.6 Å². The minimum atomic E-state index is -0.871. The van der Waals surface area contributed by atoms with Gasteiger partial charge in [0, 0.05) is 12.1 Å². The van der Waals surface area contributed by atoms with Gasteiger partial charge in [-0.25, -0.2) is 4.98 Å². The SMILES string of the molecule is Cc1ccc(O)c(-c2cc(-c3ccccc3C)cc(NCC(O)CO)n2)c1. The highest BCUT2D eigenvalue weighted by Crippen LogP contribution is 2.34. The second-order valence-electron chi connectivity index (χ2n) is 6.68. The lowest BCUT2D eigenvalue weighted by atomic mass is 9.98. The van der Waals surface area contributed by atoms with E-state index in [0.717, 1.165) is 22.3 Å². The fourth-order valence-corrected chi connectivity index (χ4v) is 2.95. The fourth-order valence-electron chi connectivity index (χ4n) is 2.95. The summed E-state index contributed by atoms with van der Waals surface area (Å²) < 4.78 is 0. The van der Waals surface area contributed by atoms with E-state index in [4.69, 9.17) is 5.11 Å². The van der Waals surface area contributed by atoms with Gasteiger partial charge in [0.1, 0.15) is 11.6 Å². The number of benzene rings is 2. The highest BCUT2D eigenvalue weighted by molar-refractivity contribution is 5.77. The lowest BCUT2D eigenvalue weighted by molar-refractivity contribution is 0.105. The molecule has 2 aromatic carbocycles. The summed E-state index contributed by atoms with van der Waals surface area (Å²) in [4.78, 5) is 4.60. The van der Waals surface area contributed by atoms with Crippen LogP contribution in [0.2, 0.25) is 0 Å². The number of phenols is 1. The van der Waals surface area contributed by atoms with Gasteiger partial charge in [-0.3, -0.25) is 0 Å². The van der Waals surface area contributed by atoms with Crippen molar-refractivity contribution in [3.05, 3.63) is 65.7 Å². The molecule has 27 heavy (non-hydrogen) atoms. The Labute approximate surface area is 159 Å². The van der Waals surface area contributed by atoms with Crippen LogP contribution < -0.4 is 5.32 Å². The average Bonchev–Trinajstić information content (AvgIpc) is 2.68. The molecule has 0 saturated heterocycles. The number of aliphatic hydroxyl groups excluding tert-OH is 2. The van der Waals surface area contributed by atoms with Crippen molar-refractivity contribution in [2.24, 2.45) is 0 Å². The number of aliphatic hydroxyl groups is 2. The highest BCUT2D eigenvalue weighted by atomic mass is 16.3. The monoisotopic (exact) mass is 364 g/mol. The molecule has 4 N–H and O–H groups in total. The Morgan fingerprint density at radius 1 is 1.00 bits per heavy atom. The summed E-state index contributed by atoms with van der Waals surface area (Å²) in [6.07, 6.45) is -0.871. The Hall–Kier alpha value is -2.89. The number of pyridine rings is 1. The Morgan fingerprint density at radius 2 is 1.78 bits per heavy atom. The molecule has 3 aromatic rings. The minimum absolute atomic E-state index is 0.163. The van der Waals surface area contributed by atoms with Crippen LogP contribution in [0.4, 0.5) is 5.82 Å². The van der Waals surface area contributed by atoms with E-state index >= 15 is 0 Å². The molecule has 1 unspecified atom stereocenters. The van der Waals surface area contributed by atoms with Crippen LogP contribution in [-0.2, 0) is 0 Å². The first-order valence-electron chi connectivity index (χ1n) is 8.89. The van der Waals surface area contributed by atoms with Gasteiger partial charge in [0.2, 0.25) is 0 Å². The van der Waals surface area contributed by atoms with Crippen LogP contribution in [0.15, 0.2) is 54.6 Å². The molecule has 0 aliphatic heterocycles. The van der Waals surface area contributed by atoms with E-state index in [9.17, 15) is 10.2 Å². The van der Waals surface area contributed by atoms with Crippen LogP contribution in [0.25, 0.3) is 22.4 Å². The summed E-state index contributed by atoms with van der Waals surface area (Å²) in [6.45, 7) is 3.86. The Bertz CT molecular complexity index is 941. The molecule has 0 spiro atoms. The van der Waals surface area contributed by atoms with Crippen molar-refractivity contribution in [1.82, 2.24) is 4.98 Å². The minimum Gasteiger partial charge on any atom is -0.507 e. The number of anilines is 1.